The zero-order chi connectivity index (χ0) is 21.1. The molecule has 2 aliphatic rings. The van der Waals surface area contributed by atoms with E-state index < -0.39 is 5.97 Å². The lowest BCUT2D eigenvalue weighted by molar-refractivity contribution is -0.114. The summed E-state index contributed by atoms with van der Waals surface area (Å²) in [5.74, 6) is -0.630. The Morgan fingerprint density at radius 3 is 2.77 bits per heavy atom. The van der Waals surface area contributed by atoms with Gasteiger partial charge in [-0.05, 0) is 37.5 Å². The molecule has 2 fully saturated rings. The summed E-state index contributed by atoms with van der Waals surface area (Å²) in [5, 5.41) is 5.38. The summed E-state index contributed by atoms with van der Waals surface area (Å²) >= 11 is 7.35. The minimum atomic E-state index is -0.419. The third-order valence-corrected chi connectivity index (χ3v) is 6.62. The van der Waals surface area contributed by atoms with Gasteiger partial charge in [0, 0.05) is 55.2 Å². The molecule has 0 bridgehead atoms. The molecular weight excluding hydrogens is 424 g/mol. The Kier molecular flexibility index (Phi) is 6.55. The number of halogens is 1. The molecule has 30 heavy (non-hydrogen) atoms. The fourth-order valence-electron chi connectivity index (χ4n) is 4.22. The van der Waals surface area contributed by atoms with E-state index in [0.29, 0.717) is 5.13 Å². The number of thiazole rings is 1. The fraction of sp³-hybridized carbons (Fsp3) is 0.476. The first-order valence-corrected chi connectivity index (χ1v) is 11.4. The number of anilines is 2. The highest BCUT2D eigenvalue weighted by atomic mass is 35.5. The van der Waals surface area contributed by atoms with Crippen molar-refractivity contribution >= 4 is 45.6 Å². The molecule has 1 aromatic carbocycles. The standard InChI is InChI=1S/C21H25ClN4O3S/c1-14(27)23-21-24-17(13-30-21)20(28)29-19-7-3-6-18(19)26-10-8-25(9-11-26)16-5-2-4-15(22)12-16/h2,4-5,12-13,18-19H,3,6-11H2,1H3,(H,23,24,27)/t18-,19-/m0/s1. The van der Waals surface area contributed by atoms with E-state index in [0.717, 1.165) is 56.2 Å². The molecule has 1 saturated heterocycles. The Morgan fingerprint density at radius 2 is 2.03 bits per heavy atom. The molecule has 0 spiro atoms. The number of ether oxygens (including phenoxy) is 1. The van der Waals surface area contributed by atoms with Gasteiger partial charge in [-0.2, -0.15) is 0 Å². The number of hydrogen-bond donors (Lipinski definition) is 1. The third-order valence-electron chi connectivity index (χ3n) is 5.63. The summed E-state index contributed by atoms with van der Waals surface area (Å²) in [4.78, 5) is 32.7. The minimum absolute atomic E-state index is 0.124. The number of hydrogen-bond acceptors (Lipinski definition) is 7. The van der Waals surface area contributed by atoms with Gasteiger partial charge in [0.15, 0.2) is 10.8 Å². The Labute approximate surface area is 185 Å². The van der Waals surface area contributed by atoms with E-state index in [1.807, 2.05) is 18.2 Å². The zero-order valence-electron chi connectivity index (χ0n) is 16.8. The molecule has 1 N–H and O–H groups in total. The van der Waals surface area contributed by atoms with Crippen molar-refractivity contribution in [1.82, 2.24) is 9.88 Å². The maximum atomic E-state index is 12.6. The summed E-state index contributed by atoms with van der Waals surface area (Å²) in [7, 11) is 0. The van der Waals surface area contributed by atoms with Crippen LogP contribution >= 0.6 is 22.9 Å². The van der Waals surface area contributed by atoms with Crippen LogP contribution in [0.4, 0.5) is 10.8 Å². The summed E-state index contributed by atoms with van der Waals surface area (Å²) < 4.78 is 5.83. The van der Waals surface area contributed by atoms with Crippen molar-refractivity contribution in [2.24, 2.45) is 0 Å². The number of aromatic nitrogens is 1. The van der Waals surface area contributed by atoms with Gasteiger partial charge < -0.3 is 15.0 Å². The number of amides is 1. The molecule has 2 heterocycles. The third kappa shape index (κ3) is 4.94. The topological polar surface area (TPSA) is 74.8 Å². The van der Waals surface area contributed by atoms with Gasteiger partial charge in [-0.25, -0.2) is 9.78 Å². The molecule has 2 aromatic rings. The van der Waals surface area contributed by atoms with Crippen molar-refractivity contribution in [1.29, 1.82) is 0 Å². The summed E-state index contributed by atoms with van der Waals surface area (Å²) in [5.41, 5.74) is 1.40. The van der Waals surface area contributed by atoms with Crippen molar-refractivity contribution in [3.05, 3.63) is 40.4 Å². The number of carbonyl (C=O) groups is 2. The number of nitrogens with one attached hydrogen (secondary N) is 1. The number of rotatable bonds is 5. The van der Waals surface area contributed by atoms with Crippen LogP contribution in [-0.4, -0.2) is 60.1 Å². The Bertz CT molecular complexity index is 913. The van der Waals surface area contributed by atoms with Crippen molar-refractivity contribution in [3.8, 4) is 0 Å². The van der Waals surface area contributed by atoms with Crippen LogP contribution in [-0.2, 0) is 9.53 Å². The van der Waals surface area contributed by atoms with Gasteiger partial charge in [-0.15, -0.1) is 11.3 Å². The molecule has 0 radical (unpaired) electrons. The highest BCUT2D eigenvalue weighted by molar-refractivity contribution is 7.14. The second kappa shape index (κ2) is 9.32. The quantitative estimate of drug-likeness (QED) is 0.703. The first-order valence-electron chi connectivity index (χ1n) is 10.2. The normalized spacial score (nSPS) is 22.1. The SMILES string of the molecule is CC(=O)Nc1nc(C(=O)O[C@H]2CCC[C@@H]2N2CCN(c3cccc(Cl)c3)CC2)cs1. The van der Waals surface area contributed by atoms with Crippen LogP contribution in [0.1, 0.15) is 36.7 Å². The lowest BCUT2D eigenvalue weighted by Crippen LogP contribution is -2.53. The molecular formula is C21H25ClN4O3S. The van der Waals surface area contributed by atoms with Gasteiger partial charge in [-0.3, -0.25) is 9.69 Å². The first-order chi connectivity index (χ1) is 14.5. The predicted molar refractivity (Wildman–Crippen MR) is 118 cm³/mol. The molecule has 1 aromatic heterocycles. The second-order valence-corrected chi connectivity index (χ2v) is 8.96. The summed E-state index contributed by atoms with van der Waals surface area (Å²) in [6, 6.07) is 8.20. The Balaban J connectivity index is 1.33. The minimum Gasteiger partial charge on any atom is -0.456 e. The van der Waals surface area contributed by atoms with Gasteiger partial charge in [0.1, 0.15) is 6.10 Å². The van der Waals surface area contributed by atoms with Crippen molar-refractivity contribution in [2.45, 2.75) is 38.3 Å². The van der Waals surface area contributed by atoms with E-state index >= 15 is 0 Å². The molecule has 1 saturated carbocycles. The van der Waals surface area contributed by atoms with E-state index in [9.17, 15) is 9.59 Å². The zero-order valence-corrected chi connectivity index (χ0v) is 18.4. The average molecular weight is 449 g/mol. The number of piperazine rings is 1. The molecule has 1 amide bonds. The number of benzene rings is 1. The smallest absolute Gasteiger partial charge is 0.358 e. The second-order valence-electron chi connectivity index (χ2n) is 7.66. The molecule has 9 heteroatoms. The number of carbonyl (C=O) groups excluding carboxylic acids is 2. The molecule has 1 aliphatic heterocycles. The highest BCUT2D eigenvalue weighted by Gasteiger charge is 2.36. The van der Waals surface area contributed by atoms with Crippen LogP contribution < -0.4 is 10.2 Å². The lowest BCUT2D eigenvalue weighted by Gasteiger charge is -2.40. The Morgan fingerprint density at radius 1 is 1.23 bits per heavy atom. The van der Waals surface area contributed by atoms with Crippen molar-refractivity contribution < 1.29 is 14.3 Å². The molecule has 4 rings (SSSR count). The van der Waals surface area contributed by atoms with Crippen LogP contribution in [0.25, 0.3) is 0 Å². The van der Waals surface area contributed by atoms with Gasteiger partial charge in [0.25, 0.3) is 0 Å². The summed E-state index contributed by atoms with van der Waals surface area (Å²) in [6.07, 6.45) is 2.82. The molecule has 160 valence electrons. The average Bonchev–Trinajstić information content (AvgIpc) is 3.37. The van der Waals surface area contributed by atoms with Crippen molar-refractivity contribution in [2.75, 3.05) is 36.4 Å². The monoisotopic (exact) mass is 448 g/mol. The van der Waals surface area contributed by atoms with Gasteiger partial charge in [0.05, 0.1) is 0 Å². The van der Waals surface area contributed by atoms with E-state index in [2.05, 4.69) is 26.2 Å². The van der Waals surface area contributed by atoms with Crippen LogP contribution in [0, 0.1) is 0 Å². The summed E-state index contributed by atoms with van der Waals surface area (Å²) in [6.45, 7) is 5.10. The van der Waals surface area contributed by atoms with Gasteiger partial charge in [0.2, 0.25) is 5.91 Å². The lowest BCUT2D eigenvalue weighted by atomic mass is 10.1. The fourth-order valence-corrected chi connectivity index (χ4v) is 5.13. The predicted octanol–water partition coefficient (Wildman–Crippen LogP) is 3.66. The van der Waals surface area contributed by atoms with E-state index in [-0.39, 0.29) is 23.7 Å². The van der Waals surface area contributed by atoms with Crippen LogP contribution in [0.2, 0.25) is 5.02 Å². The van der Waals surface area contributed by atoms with Crippen LogP contribution in [0.15, 0.2) is 29.6 Å². The van der Waals surface area contributed by atoms with Crippen LogP contribution in [0.5, 0.6) is 0 Å². The first kappa shape index (κ1) is 21.1. The van der Waals surface area contributed by atoms with Gasteiger partial charge in [-0.1, -0.05) is 17.7 Å². The Hall–Kier alpha value is -2.16. The maximum Gasteiger partial charge on any atom is 0.358 e. The molecule has 0 unspecified atom stereocenters. The molecule has 2 atom stereocenters. The van der Waals surface area contributed by atoms with E-state index in [1.54, 1.807) is 5.38 Å². The van der Waals surface area contributed by atoms with E-state index in [4.69, 9.17) is 16.3 Å². The molecule has 1 aliphatic carbocycles. The van der Waals surface area contributed by atoms with Gasteiger partial charge >= 0.3 is 5.97 Å². The van der Waals surface area contributed by atoms with Crippen LogP contribution in [0.3, 0.4) is 0 Å². The number of esters is 1. The number of nitrogens with zero attached hydrogens (tertiary/aromatic N) is 3. The largest absolute Gasteiger partial charge is 0.456 e. The molecule has 7 nitrogen and oxygen atoms in total. The highest BCUT2D eigenvalue weighted by Crippen LogP contribution is 2.30. The maximum absolute atomic E-state index is 12.6. The van der Waals surface area contributed by atoms with Crippen molar-refractivity contribution in [3.63, 3.8) is 0 Å². The van der Waals surface area contributed by atoms with E-state index in [1.165, 1.54) is 18.3 Å².